The van der Waals surface area contributed by atoms with E-state index in [1.807, 2.05) is 16.8 Å². The number of anilines is 2. The molecule has 2 rings (SSSR count). The first-order valence-corrected chi connectivity index (χ1v) is 6.38. The van der Waals surface area contributed by atoms with Crippen molar-refractivity contribution >= 4 is 28.6 Å². The minimum atomic E-state index is -0.0727. The lowest BCUT2D eigenvalue weighted by Crippen LogP contribution is -2.14. The molecule has 0 saturated carbocycles. The fraction of sp³-hybridized carbons (Fsp3) is 0.154. The normalized spacial score (nSPS) is 10.1. The molecule has 0 bridgehead atoms. The van der Waals surface area contributed by atoms with Crippen LogP contribution in [0.25, 0.3) is 0 Å². The van der Waals surface area contributed by atoms with E-state index in [0.29, 0.717) is 23.5 Å². The van der Waals surface area contributed by atoms with E-state index in [0.717, 1.165) is 5.56 Å². The molecule has 18 heavy (non-hydrogen) atoms. The minimum absolute atomic E-state index is 0.0727. The van der Waals surface area contributed by atoms with Gasteiger partial charge in [0.25, 0.3) is 0 Å². The van der Waals surface area contributed by atoms with Gasteiger partial charge in [-0.05, 0) is 34.5 Å². The third-order valence-corrected chi connectivity index (χ3v) is 3.18. The fourth-order valence-electron chi connectivity index (χ4n) is 1.58. The molecule has 0 aliphatic carbocycles. The number of benzene rings is 1. The van der Waals surface area contributed by atoms with Gasteiger partial charge in [-0.1, -0.05) is 0 Å². The summed E-state index contributed by atoms with van der Waals surface area (Å²) < 4.78 is 5.17. The topological polar surface area (TPSA) is 64.3 Å². The molecule has 0 fully saturated rings. The summed E-state index contributed by atoms with van der Waals surface area (Å²) in [7, 11) is 1.54. The van der Waals surface area contributed by atoms with Gasteiger partial charge < -0.3 is 15.8 Å². The van der Waals surface area contributed by atoms with E-state index in [4.69, 9.17) is 10.5 Å². The molecule has 0 aliphatic rings. The van der Waals surface area contributed by atoms with Crippen LogP contribution in [0, 0.1) is 0 Å². The van der Waals surface area contributed by atoms with Crippen LogP contribution in [-0.2, 0) is 11.2 Å². The van der Waals surface area contributed by atoms with Crippen molar-refractivity contribution in [1.29, 1.82) is 0 Å². The highest BCUT2D eigenvalue weighted by atomic mass is 32.1. The van der Waals surface area contributed by atoms with E-state index in [2.05, 4.69) is 5.32 Å². The van der Waals surface area contributed by atoms with Crippen molar-refractivity contribution in [3.05, 3.63) is 40.6 Å². The summed E-state index contributed by atoms with van der Waals surface area (Å²) in [5.41, 5.74) is 7.89. The number of carbonyl (C=O) groups excluding carboxylic acids is 1. The zero-order chi connectivity index (χ0) is 13.0. The van der Waals surface area contributed by atoms with Gasteiger partial charge in [0.2, 0.25) is 5.91 Å². The van der Waals surface area contributed by atoms with Gasteiger partial charge in [0.05, 0.1) is 19.2 Å². The summed E-state index contributed by atoms with van der Waals surface area (Å²) in [5, 5.41) is 6.72. The van der Waals surface area contributed by atoms with Crippen LogP contribution in [0.15, 0.2) is 35.0 Å². The van der Waals surface area contributed by atoms with E-state index in [-0.39, 0.29) is 5.91 Å². The molecule has 1 aromatic carbocycles. The SMILES string of the molecule is COc1cc(N)ccc1NC(=O)Cc1ccsc1. The Morgan fingerprint density at radius 2 is 2.28 bits per heavy atom. The predicted molar refractivity (Wildman–Crippen MR) is 74.1 cm³/mol. The number of hydrogen-bond acceptors (Lipinski definition) is 4. The van der Waals surface area contributed by atoms with Crippen LogP contribution in [0.2, 0.25) is 0 Å². The van der Waals surface area contributed by atoms with Crippen LogP contribution in [-0.4, -0.2) is 13.0 Å². The Kier molecular flexibility index (Phi) is 3.84. The Morgan fingerprint density at radius 1 is 1.44 bits per heavy atom. The van der Waals surface area contributed by atoms with Gasteiger partial charge in [-0.2, -0.15) is 11.3 Å². The molecule has 0 unspecified atom stereocenters. The highest BCUT2D eigenvalue weighted by molar-refractivity contribution is 7.08. The van der Waals surface area contributed by atoms with Gasteiger partial charge >= 0.3 is 0 Å². The molecular formula is C13H14N2O2S. The molecule has 4 nitrogen and oxygen atoms in total. The molecule has 0 saturated heterocycles. The van der Waals surface area contributed by atoms with Crippen LogP contribution in [0.1, 0.15) is 5.56 Å². The first-order valence-electron chi connectivity index (χ1n) is 5.43. The summed E-state index contributed by atoms with van der Waals surface area (Å²) in [6.07, 6.45) is 0.358. The molecule has 0 spiro atoms. The van der Waals surface area contributed by atoms with E-state index in [9.17, 15) is 4.79 Å². The third kappa shape index (κ3) is 3.01. The molecule has 1 aromatic heterocycles. The number of methoxy groups -OCH3 is 1. The third-order valence-electron chi connectivity index (χ3n) is 2.44. The van der Waals surface area contributed by atoms with Crippen molar-refractivity contribution in [2.75, 3.05) is 18.2 Å². The van der Waals surface area contributed by atoms with E-state index < -0.39 is 0 Å². The van der Waals surface area contributed by atoms with Crippen molar-refractivity contribution in [2.24, 2.45) is 0 Å². The van der Waals surface area contributed by atoms with Gasteiger partial charge in [-0.25, -0.2) is 0 Å². The Morgan fingerprint density at radius 3 is 2.94 bits per heavy atom. The van der Waals surface area contributed by atoms with Gasteiger partial charge in [0, 0.05) is 11.8 Å². The average Bonchev–Trinajstić information content (AvgIpc) is 2.84. The Bertz CT molecular complexity index is 538. The van der Waals surface area contributed by atoms with Crippen molar-refractivity contribution in [3.8, 4) is 5.75 Å². The molecule has 0 atom stereocenters. The first kappa shape index (κ1) is 12.4. The number of rotatable bonds is 4. The number of hydrogen-bond donors (Lipinski definition) is 2. The standard InChI is InChI=1S/C13H14N2O2S/c1-17-12-7-10(14)2-3-11(12)15-13(16)6-9-4-5-18-8-9/h2-5,7-8H,6,14H2,1H3,(H,15,16). The molecular weight excluding hydrogens is 248 g/mol. The fourth-order valence-corrected chi connectivity index (χ4v) is 2.25. The lowest BCUT2D eigenvalue weighted by molar-refractivity contribution is -0.115. The Balaban J connectivity index is 2.07. The van der Waals surface area contributed by atoms with Crippen molar-refractivity contribution in [1.82, 2.24) is 0 Å². The lowest BCUT2D eigenvalue weighted by atomic mass is 10.2. The molecule has 2 aromatic rings. The van der Waals surface area contributed by atoms with Crippen LogP contribution in [0.5, 0.6) is 5.75 Å². The number of amides is 1. The molecule has 5 heteroatoms. The van der Waals surface area contributed by atoms with Crippen molar-refractivity contribution < 1.29 is 9.53 Å². The van der Waals surface area contributed by atoms with Crippen LogP contribution in [0.4, 0.5) is 11.4 Å². The summed E-state index contributed by atoms with van der Waals surface area (Å²) in [5.74, 6) is 0.491. The Labute approximate surface area is 109 Å². The zero-order valence-corrected chi connectivity index (χ0v) is 10.8. The largest absolute Gasteiger partial charge is 0.494 e. The predicted octanol–water partition coefficient (Wildman–Crippen LogP) is 2.52. The molecule has 3 N–H and O–H groups in total. The van der Waals surface area contributed by atoms with E-state index in [1.165, 1.54) is 0 Å². The summed E-state index contributed by atoms with van der Waals surface area (Å²) in [6, 6.07) is 7.08. The molecule has 1 heterocycles. The molecule has 1 amide bonds. The maximum absolute atomic E-state index is 11.8. The maximum atomic E-state index is 11.8. The lowest BCUT2D eigenvalue weighted by Gasteiger charge is -2.10. The van der Waals surface area contributed by atoms with E-state index in [1.54, 1.807) is 36.6 Å². The van der Waals surface area contributed by atoms with Gasteiger partial charge in [0.15, 0.2) is 0 Å². The summed E-state index contributed by atoms with van der Waals surface area (Å²) >= 11 is 1.58. The number of nitrogens with two attached hydrogens (primary N) is 1. The van der Waals surface area contributed by atoms with Crippen molar-refractivity contribution in [2.45, 2.75) is 6.42 Å². The minimum Gasteiger partial charge on any atom is -0.494 e. The van der Waals surface area contributed by atoms with Gasteiger partial charge in [-0.3, -0.25) is 4.79 Å². The first-order chi connectivity index (χ1) is 8.69. The Hall–Kier alpha value is -2.01. The van der Waals surface area contributed by atoms with Crippen LogP contribution in [0.3, 0.4) is 0 Å². The highest BCUT2D eigenvalue weighted by Gasteiger charge is 2.08. The monoisotopic (exact) mass is 262 g/mol. The number of thiophene rings is 1. The maximum Gasteiger partial charge on any atom is 0.228 e. The molecule has 0 aliphatic heterocycles. The number of carbonyl (C=O) groups is 1. The summed E-state index contributed by atoms with van der Waals surface area (Å²) in [4.78, 5) is 11.8. The zero-order valence-electron chi connectivity index (χ0n) is 9.97. The summed E-state index contributed by atoms with van der Waals surface area (Å²) in [6.45, 7) is 0. The second-order valence-electron chi connectivity index (χ2n) is 3.82. The van der Waals surface area contributed by atoms with Gasteiger partial charge in [-0.15, -0.1) is 0 Å². The average molecular weight is 262 g/mol. The van der Waals surface area contributed by atoms with Crippen molar-refractivity contribution in [3.63, 3.8) is 0 Å². The van der Waals surface area contributed by atoms with E-state index >= 15 is 0 Å². The quantitative estimate of drug-likeness (QED) is 0.832. The highest BCUT2D eigenvalue weighted by Crippen LogP contribution is 2.26. The number of ether oxygens (including phenoxy) is 1. The molecule has 0 radical (unpaired) electrons. The van der Waals surface area contributed by atoms with Gasteiger partial charge in [0.1, 0.15) is 5.75 Å². The van der Waals surface area contributed by atoms with Crippen LogP contribution >= 0.6 is 11.3 Å². The second-order valence-corrected chi connectivity index (χ2v) is 4.60. The number of nitrogens with one attached hydrogen (secondary N) is 1. The smallest absolute Gasteiger partial charge is 0.228 e. The second kappa shape index (κ2) is 5.55. The molecule has 94 valence electrons. The number of nitrogen functional groups attached to an aromatic ring is 1. The van der Waals surface area contributed by atoms with Crippen LogP contribution < -0.4 is 15.8 Å².